The van der Waals surface area contributed by atoms with Gasteiger partial charge in [0, 0.05) is 49.1 Å². The van der Waals surface area contributed by atoms with Gasteiger partial charge in [0.1, 0.15) is 5.70 Å². The number of hydrogen-bond acceptors (Lipinski definition) is 6. The van der Waals surface area contributed by atoms with Gasteiger partial charge in [0.2, 0.25) is 0 Å². The molecule has 33 heavy (non-hydrogen) atoms. The molecule has 0 bridgehead atoms. The third kappa shape index (κ3) is 4.00. The number of anilines is 4. The lowest BCUT2D eigenvalue weighted by Gasteiger charge is -2.19. The molecule has 2 amide bonds. The van der Waals surface area contributed by atoms with E-state index in [1.807, 2.05) is 72.9 Å². The van der Waals surface area contributed by atoms with Crippen molar-refractivity contribution in [1.29, 1.82) is 0 Å². The summed E-state index contributed by atoms with van der Waals surface area (Å²) >= 11 is 1.45. The van der Waals surface area contributed by atoms with E-state index < -0.39 is 0 Å². The van der Waals surface area contributed by atoms with Crippen LogP contribution in [0.25, 0.3) is 5.57 Å². The first-order valence-electron chi connectivity index (χ1n) is 11.1. The molecule has 3 aromatic rings. The third-order valence-corrected chi connectivity index (χ3v) is 6.97. The maximum absolute atomic E-state index is 13.5. The van der Waals surface area contributed by atoms with Crippen molar-refractivity contribution in [1.82, 2.24) is 0 Å². The zero-order valence-corrected chi connectivity index (χ0v) is 19.6. The number of imide groups is 1. The Labute approximate surface area is 197 Å². The average Bonchev–Trinajstić information content (AvgIpc) is 3.57. The summed E-state index contributed by atoms with van der Waals surface area (Å²) in [4.78, 5) is 33.3. The van der Waals surface area contributed by atoms with Gasteiger partial charge in [0.15, 0.2) is 0 Å². The van der Waals surface area contributed by atoms with Gasteiger partial charge in [-0.1, -0.05) is 6.07 Å². The normalized spacial score (nSPS) is 16.2. The topological polar surface area (TPSA) is 55.9 Å². The van der Waals surface area contributed by atoms with Gasteiger partial charge in [-0.2, -0.15) is 0 Å². The molecule has 168 valence electrons. The first kappa shape index (κ1) is 21.3. The minimum absolute atomic E-state index is 0.309. The lowest BCUT2D eigenvalue weighted by atomic mass is 10.1. The molecule has 6 nitrogen and oxygen atoms in total. The summed E-state index contributed by atoms with van der Waals surface area (Å²) in [6.07, 6.45) is 2.44. The Morgan fingerprint density at radius 2 is 1.52 bits per heavy atom. The summed E-state index contributed by atoms with van der Waals surface area (Å²) in [7, 11) is 3.91. The van der Waals surface area contributed by atoms with E-state index in [1.165, 1.54) is 34.8 Å². The minimum atomic E-state index is -0.343. The fraction of sp³-hybridized carbons (Fsp3) is 0.231. The van der Waals surface area contributed by atoms with E-state index in [9.17, 15) is 9.59 Å². The molecule has 1 fully saturated rings. The van der Waals surface area contributed by atoms with Gasteiger partial charge >= 0.3 is 0 Å². The average molecular weight is 459 g/mol. The maximum atomic E-state index is 13.5. The van der Waals surface area contributed by atoms with Crippen molar-refractivity contribution in [2.75, 3.05) is 47.2 Å². The molecule has 2 aliphatic heterocycles. The molecule has 0 aliphatic carbocycles. The largest absolute Gasteiger partial charge is 0.378 e. The summed E-state index contributed by atoms with van der Waals surface area (Å²) in [6, 6.07) is 19.3. The zero-order valence-electron chi connectivity index (χ0n) is 18.7. The van der Waals surface area contributed by atoms with E-state index in [0.29, 0.717) is 17.0 Å². The first-order chi connectivity index (χ1) is 16.0. The highest BCUT2D eigenvalue weighted by molar-refractivity contribution is 7.11. The molecule has 1 saturated heterocycles. The predicted octanol–water partition coefficient (Wildman–Crippen LogP) is 4.81. The number of rotatable bonds is 6. The van der Waals surface area contributed by atoms with Crippen LogP contribution in [-0.4, -0.2) is 39.0 Å². The second kappa shape index (κ2) is 8.75. The smallest absolute Gasteiger partial charge is 0.282 e. The molecular weight excluding hydrogens is 432 g/mol. The number of amides is 2. The predicted molar refractivity (Wildman–Crippen MR) is 136 cm³/mol. The van der Waals surface area contributed by atoms with Gasteiger partial charge in [-0.05, 0) is 72.8 Å². The van der Waals surface area contributed by atoms with Crippen LogP contribution in [0.5, 0.6) is 0 Å². The van der Waals surface area contributed by atoms with Crippen LogP contribution in [0.15, 0.2) is 71.7 Å². The maximum Gasteiger partial charge on any atom is 0.282 e. The molecule has 7 heteroatoms. The van der Waals surface area contributed by atoms with Crippen molar-refractivity contribution in [3.8, 4) is 0 Å². The number of hydrogen-bond donors (Lipinski definition) is 1. The van der Waals surface area contributed by atoms with Crippen molar-refractivity contribution < 1.29 is 9.59 Å². The van der Waals surface area contributed by atoms with E-state index >= 15 is 0 Å². The quantitative estimate of drug-likeness (QED) is 0.537. The number of nitrogens with one attached hydrogen (secondary N) is 1. The molecule has 2 aliphatic rings. The van der Waals surface area contributed by atoms with Crippen LogP contribution in [0.4, 0.5) is 22.7 Å². The van der Waals surface area contributed by atoms with Gasteiger partial charge in [-0.25, -0.2) is 4.90 Å². The second-order valence-electron chi connectivity index (χ2n) is 8.45. The van der Waals surface area contributed by atoms with Gasteiger partial charge < -0.3 is 15.1 Å². The molecule has 3 heterocycles. The Balaban J connectivity index is 1.46. The molecular formula is C26H26N4O2S. The Morgan fingerprint density at radius 3 is 2.12 bits per heavy atom. The monoisotopic (exact) mass is 458 g/mol. The molecule has 0 radical (unpaired) electrons. The van der Waals surface area contributed by atoms with E-state index in [-0.39, 0.29) is 11.8 Å². The third-order valence-electron chi connectivity index (χ3n) is 6.08. The van der Waals surface area contributed by atoms with Gasteiger partial charge in [-0.3, -0.25) is 9.59 Å². The molecule has 1 aromatic heterocycles. The summed E-state index contributed by atoms with van der Waals surface area (Å²) in [5.41, 5.74) is 4.25. The SMILES string of the molecule is CN(C)c1ccc(N2C(=O)C(Nc3ccc(N4CCCC4)cc3)=C(c3cccs3)C2=O)cc1. The molecule has 0 unspecified atom stereocenters. The number of carbonyl (C=O) groups excluding carboxylic acids is 2. The Morgan fingerprint density at radius 1 is 0.848 bits per heavy atom. The lowest BCUT2D eigenvalue weighted by Crippen LogP contribution is -2.32. The number of benzene rings is 2. The zero-order chi connectivity index (χ0) is 22.9. The van der Waals surface area contributed by atoms with Crippen molar-refractivity contribution in [2.24, 2.45) is 0 Å². The Kier molecular flexibility index (Phi) is 5.64. The van der Waals surface area contributed by atoms with Crippen LogP contribution in [0.3, 0.4) is 0 Å². The fourth-order valence-electron chi connectivity index (χ4n) is 4.30. The van der Waals surface area contributed by atoms with E-state index in [1.54, 1.807) is 0 Å². The molecule has 5 rings (SSSR count). The van der Waals surface area contributed by atoms with E-state index in [0.717, 1.165) is 29.3 Å². The van der Waals surface area contributed by atoms with Crippen LogP contribution in [0, 0.1) is 0 Å². The minimum Gasteiger partial charge on any atom is -0.378 e. The van der Waals surface area contributed by atoms with Crippen molar-refractivity contribution >= 4 is 51.5 Å². The summed E-state index contributed by atoms with van der Waals surface area (Å²) < 4.78 is 0. The lowest BCUT2D eigenvalue weighted by molar-refractivity contribution is -0.120. The molecule has 0 saturated carbocycles. The van der Waals surface area contributed by atoms with Crippen LogP contribution in [-0.2, 0) is 9.59 Å². The van der Waals surface area contributed by atoms with Crippen molar-refractivity contribution in [2.45, 2.75) is 12.8 Å². The van der Waals surface area contributed by atoms with Crippen molar-refractivity contribution in [3.05, 3.63) is 76.6 Å². The van der Waals surface area contributed by atoms with Crippen LogP contribution in [0.2, 0.25) is 0 Å². The molecule has 0 atom stereocenters. The summed E-state index contributed by atoms with van der Waals surface area (Å²) in [6.45, 7) is 2.16. The fourth-order valence-corrected chi connectivity index (χ4v) is 5.07. The Bertz CT molecular complexity index is 1190. The van der Waals surface area contributed by atoms with Crippen LogP contribution in [0.1, 0.15) is 17.7 Å². The number of carbonyl (C=O) groups is 2. The van der Waals surface area contributed by atoms with E-state index in [2.05, 4.69) is 22.3 Å². The standard InChI is InChI=1S/C26H26N4O2S/c1-28(2)19-11-13-21(14-12-19)30-25(31)23(22-6-5-17-33-22)24(26(30)32)27-18-7-9-20(10-8-18)29-15-3-4-16-29/h5-14,17,27H,3-4,15-16H2,1-2H3. The van der Waals surface area contributed by atoms with Crippen LogP contribution >= 0.6 is 11.3 Å². The molecule has 0 spiro atoms. The van der Waals surface area contributed by atoms with Gasteiger partial charge in [0.05, 0.1) is 11.3 Å². The highest BCUT2D eigenvalue weighted by atomic mass is 32.1. The Hall–Kier alpha value is -3.58. The number of nitrogens with zero attached hydrogens (tertiary/aromatic N) is 3. The summed E-state index contributed by atoms with van der Waals surface area (Å²) in [5.74, 6) is -0.652. The summed E-state index contributed by atoms with van der Waals surface area (Å²) in [5, 5.41) is 5.17. The molecule has 2 aromatic carbocycles. The second-order valence-corrected chi connectivity index (χ2v) is 9.40. The first-order valence-corrected chi connectivity index (χ1v) is 12.0. The van der Waals surface area contributed by atoms with Gasteiger partial charge in [0.25, 0.3) is 11.8 Å². The van der Waals surface area contributed by atoms with E-state index in [4.69, 9.17) is 0 Å². The van der Waals surface area contributed by atoms with Crippen LogP contribution < -0.4 is 20.0 Å². The van der Waals surface area contributed by atoms with Gasteiger partial charge in [-0.15, -0.1) is 11.3 Å². The molecule has 1 N–H and O–H groups in total. The number of thiophene rings is 1. The highest BCUT2D eigenvalue weighted by Crippen LogP contribution is 2.36. The van der Waals surface area contributed by atoms with Crippen molar-refractivity contribution in [3.63, 3.8) is 0 Å². The highest BCUT2D eigenvalue weighted by Gasteiger charge is 2.40.